The second-order valence-electron chi connectivity index (χ2n) is 8.23. The van der Waals surface area contributed by atoms with Gasteiger partial charge in [-0.3, -0.25) is 4.79 Å². The molecule has 6 heteroatoms. The Morgan fingerprint density at radius 2 is 1.30 bits per heavy atom. The molecule has 5 aromatic rings. The summed E-state index contributed by atoms with van der Waals surface area (Å²) >= 11 is 0. The fourth-order valence-electron chi connectivity index (χ4n) is 3.71. The van der Waals surface area contributed by atoms with E-state index in [9.17, 15) is 4.79 Å². The first-order chi connectivity index (χ1) is 18.2. The molecule has 0 atom stereocenters. The number of benzene rings is 4. The molecule has 37 heavy (non-hydrogen) atoms. The zero-order valence-corrected chi connectivity index (χ0v) is 20.2. The van der Waals surface area contributed by atoms with Crippen LogP contribution in [0.25, 0.3) is 11.3 Å². The van der Waals surface area contributed by atoms with Crippen molar-refractivity contribution in [2.75, 3.05) is 17.7 Å². The van der Waals surface area contributed by atoms with Crippen molar-refractivity contribution >= 4 is 23.1 Å². The molecule has 0 aliphatic heterocycles. The van der Waals surface area contributed by atoms with Crippen LogP contribution in [0.15, 0.2) is 121 Å². The Balaban J connectivity index is 1.23. The number of nitrogens with one attached hydrogen (secondary N) is 2. The maximum Gasteiger partial charge on any atom is 0.255 e. The van der Waals surface area contributed by atoms with Crippen molar-refractivity contribution in [1.29, 1.82) is 0 Å². The average molecular weight is 488 g/mol. The minimum absolute atomic E-state index is 0.181. The van der Waals surface area contributed by atoms with E-state index >= 15 is 0 Å². The molecular formula is C31H25N3O3. The minimum Gasteiger partial charge on any atom is -0.497 e. The summed E-state index contributed by atoms with van der Waals surface area (Å²) in [6.07, 6.45) is 0. The van der Waals surface area contributed by atoms with Crippen LogP contribution < -0.4 is 20.1 Å². The van der Waals surface area contributed by atoms with Gasteiger partial charge in [-0.05, 0) is 84.9 Å². The maximum atomic E-state index is 12.6. The second kappa shape index (κ2) is 11.1. The van der Waals surface area contributed by atoms with Crippen LogP contribution in [0.5, 0.6) is 17.2 Å². The van der Waals surface area contributed by atoms with Gasteiger partial charge in [-0.15, -0.1) is 0 Å². The van der Waals surface area contributed by atoms with Crippen molar-refractivity contribution in [3.8, 4) is 28.5 Å². The van der Waals surface area contributed by atoms with Crippen LogP contribution in [-0.4, -0.2) is 18.0 Å². The number of hydrogen-bond donors (Lipinski definition) is 2. The molecule has 0 saturated carbocycles. The molecule has 0 fully saturated rings. The molecule has 1 heterocycles. The lowest BCUT2D eigenvalue weighted by Gasteiger charge is -2.10. The first-order valence-corrected chi connectivity index (χ1v) is 11.8. The lowest BCUT2D eigenvalue weighted by molar-refractivity contribution is 0.102. The number of pyridine rings is 1. The normalized spacial score (nSPS) is 10.4. The summed E-state index contributed by atoms with van der Waals surface area (Å²) in [4.78, 5) is 17.4. The number of carbonyl (C=O) groups is 1. The molecule has 182 valence electrons. The second-order valence-corrected chi connectivity index (χ2v) is 8.23. The van der Waals surface area contributed by atoms with E-state index in [0.29, 0.717) is 11.3 Å². The predicted molar refractivity (Wildman–Crippen MR) is 147 cm³/mol. The molecule has 0 aliphatic rings. The number of aromatic nitrogens is 1. The van der Waals surface area contributed by atoms with Gasteiger partial charge in [0.05, 0.1) is 12.8 Å². The molecule has 0 spiro atoms. The van der Waals surface area contributed by atoms with Crippen LogP contribution in [-0.2, 0) is 0 Å². The van der Waals surface area contributed by atoms with E-state index in [2.05, 4.69) is 10.6 Å². The van der Waals surface area contributed by atoms with Crippen LogP contribution in [0.4, 0.5) is 17.2 Å². The van der Waals surface area contributed by atoms with Crippen molar-refractivity contribution in [3.63, 3.8) is 0 Å². The molecule has 0 aliphatic carbocycles. The molecule has 6 nitrogen and oxygen atoms in total. The van der Waals surface area contributed by atoms with Crippen molar-refractivity contribution < 1.29 is 14.3 Å². The lowest BCUT2D eigenvalue weighted by atomic mass is 10.1. The number of anilines is 3. The molecule has 1 aromatic heterocycles. The standard InChI is InChI=1S/C31H25N3O3/c1-36-26-18-14-25(15-19-26)33-31(35)23-12-10-22(11-13-23)29-8-5-9-30(34-29)32-24-16-20-28(21-17-24)37-27-6-3-2-4-7-27/h2-21H,1H3,(H,32,34)(H,33,35). The van der Waals surface area contributed by atoms with Crippen LogP contribution in [0.2, 0.25) is 0 Å². The molecule has 0 saturated heterocycles. The summed E-state index contributed by atoms with van der Waals surface area (Å²) < 4.78 is 11.0. The van der Waals surface area contributed by atoms with Crippen LogP contribution in [0.3, 0.4) is 0 Å². The quantitative estimate of drug-likeness (QED) is 0.236. The smallest absolute Gasteiger partial charge is 0.255 e. The Bertz CT molecular complexity index is 1470. The van der Waals surface area contributed by atoms with Gasteiger partial charge in [-0.25, -0.2) is 4.98 Å². The first-order valence-electron chi connectivity index (χ1n) is 11.8. The molecule has 2 N–H and O–H groups in total. The number of carbonyl (C=O) groups excluding carboxylic acids is 1. The van der Waals surface area contributed by atoms with Crippen molar-refractivity contribution in [2.45, 2.75) is 0 Å². The van der Waals surface area contributed by atoms with Crippen LogP contribution in [0.1, 0.15) is 10.4 Å². The summed E-state index contributed by atoms with van der Waals surface area (Å²) in [7, 11) is 1.61. The number of ether oxygens (including phenoxy) is 2. The molecule has 0 bridgehead atoms. The Kier molecular flexibility index (Phi) is 7.09. The monoisotopic (exact) mass is 487 g/mol. The van der Waals surface area contributed by atoms with Gasteiger partial charge in [0.15, 0.2) is 0 Å². The van der Waals surface area contributed by atoms with Gasteiger partial charge in [0, 0.05) is 22.5 Å². The number of methoxy groups -OCH3 is 1. The zero-order chi connectivity index (χ0) is 25.5. The van der Waals surface area contributed by atoms with Crippen molar-refractivity contribution in [1.82, 2.24) is 4.98 Å². The Morgan fingerprint density at radius 3 is 2.00 bits per heavy atom. The SMILES string of the molecule is COc1ccc(NC(=O)c2ccc(-c3cccc(Nc4ccc(Oc5ccccc5)cc4)n3)cc2)cc1. The summed E-state index contributed by atoms with van der Waals surface area (Å²) in [6.45, 7) is 0. The van der Waals surface area contributed by atoms with Crippen molar-refractivity contribution in [2.24, 2.45) is 0 Å². The minimum atomic E-state index is -0.181. The van der Waals surface area contributed by atoms with Gasteiger partial charge in [-0.1, -0.05) is 36.4 Å². The van der Waals surface area contributed by atoms with E-state index in [1.807, 2.05) is 84.9 Å². The molecule has 1 amide bonds. The third-order valence-electron chi connectivity index (χ3n) is 5.65. The van der Waals surface area contributed by atoms with E-state index in [1.54, 1.807) is 43.5 Å². The van der Waals surface area contributed by atoms with Gasteiger partial charge in [0.25, 0.3) is 5.91 Å². The molecule has 0 unspecified atom stereocenters. The van der Waals surface area contributed by atoms with E-state index < -0.39 is 0 Å². The number of para-hydroxylation sites is 1. The van der Waals surface area contributed by atoms with Gasteiger partial charge >= 0.3 is 0 Å². The highest BCUT2D eigenvalue weighted by atomic mass is 16.5. The van der Waals surface area contributed by atoms with Crippen LogP contribution >= 0.6 is 0 Å². The zero-order valence-electron chi connectivity index (χ0n) is 20.2. The third-order valence-corrected chi connectivity index (χ3v) is 5.65. The molecule has 0 radical (unpaired) electrons. The fourth-order valence-corrected chi connectivity index (χ4v) is 3.71. The third kappa shape index (κ3) is 6.13. The topological polar surface area (TPSA) is 72.5 Å². The van der Waals surface area contributed by atoms with Gasteiger partial charge in [0.1, 0.15) is 23.1 Å². The highest BCUT2D eigenvalue weighted by Gasteiger charge is 2.08. The largest absolute Gasteiger partial charge is 0.497 e. The lowest BCUT2D eigenvalue weighted by Crippen LogP contribution is -2.11. The summed E-state index contributed by atoms with van der Waals surface area (Å²) in [5, 5.41) is 6.22. The number of rotatable bonds is 8. The van der Waals surface area contributed by atoms with E-state index in [1.165, 1.54) is 0 Å². The molecule has 4 aromatic carbocycles. The number of nitrogens with zero attached hydrogens (tertiary/aromatic N) is 1. The van der Waals surface area contributed by atoms with Crippen LogP contribution in [0, 0.1) is 0 Å². The highest BCUT2D eigenvalue weighted by molar-refractivity contribution is 6.04. The summed E-state index contributed by atoms with van der Waals surface area (Å²) in [5.74, 6) is 2.83. The first kappa shape index (κ1) is 23.6. The van der Waals surface area contributed by atoms with Gasteiger partial charge in [0.2, 0.25) is 0 Å². The van der Waals surface area contributed by atoms with Gasteiger partial charge < -0.3 is 20.1 Å². The fraction of sp³-hybridized carbons (Fsp3) is 0.0323. The summed E-state index contributed by atoms with van der Waals surface area (Å²) in [6, 6.07) is 37.8. The van der Waals surface area contributed by atoms with Gasteiger partial charge in [-0.2, -0.15) is 0 Å². The van der Waals surface area contributed by atoms with Crippen molar-refractivity contribution in [3.05, 3.63) is 127 Å². The van der Waals surface area contributed by atoms with E-state index in [-0.39, 0.29) is 5.91 Å². The Hall–Kier alpha value is -5.10. The Labute approximate surface area is 215 Å². The van der Waals surface area contributed by atoms with E-state index in [0.717, 1.165) is 40.0 Å². The maximum absolute atomic E-state index is 12.6. The highest BCUT2D eigenvalue weighted by Crippen LogP contribution is 2.25. The molecular weight excluding hydrogens is 462 g/mol. The Morgan fingerprint density at radius 1 is 0.649 bits per heavy atom. The number of amides is 1. The average Bonchev–Trinajstić information content (AvgIpc) is 2.95. The molecule has 5 rings (SSSR count). The van der Waals surface area contributed by atoms with E-state index in [4.69, 9.17) is 14.5 Å². The predicted octanol–water partition coefficient (Wildman–Crippen LogP) is 7.55. The summed E-state index contributed by atoms with van der Waals surface area (Å²) in [5.41, 5.74) is 3.88. The number of hydrogen-bond acceptors (Lipinski definition) is 5.